The highest BCUT2D eigenvalue weighted by Crippen LogP contribution is 2.21. The lowest BCUT2D eigenvalue weighted by Gasteiger charge is -2.09. The number of carbonyl (C=O) groups is 2. The molecule has 0 saturated heterocycles. The van der Waals surface area contributed by atoms with Crippen molar-refractivity contribution in [2.75, 3.05) is 17.7 Å². The highest BCUT2D eigenvalue weighted by Gasteiger charge is 2.15. The molecule has 0 aliphatic carbocycles. The normalized spacial score (nSPS) is 10.2. The van der Waals surface area contributed by atoms with Crippen LogP contribution in [0.2, 0.25) is 0 Å². The number of non-ortho nitro benzene ring substituents is 1. The van der Waals surface area contributed by atoms with Crippen LogP contribution in [0.5, 0.6) is 0 Å². The molecule has 2 rings (SSSR count). The second-order valence-electron chi connectivity index (χ2n) is 5.11. The van der Waals surface area contributed by atoms with Gasteiger partial charge in [-0.3, -0.25) is 14.9 Å². The Balaban J connectivity index is 1.96. The van der Waals surface area contributed by atoms with E-state index < -0.39 is 29.2 Å². The van der Waals surface area contributed by atoms with E-state index in [9.17, 15) is 24.1 Å². The molecule has 0 aliphatic heterocycles. The highest BCUT2D eigenvalue weighted by molar-refractivity contribution is 5.98. The van der Waals surface area contributed by atoms with E-state index >= 15 is 0 Å². The summed E-state index contributed by atoms with van der Waals surface area (Å²) >= 11 is 0. The Morgan fingerprint density at radius 1 is 1.28 bits per heavy atom. The van der Waals surface area contributed by atoms with Gasteiger partial charge in [0.05, 0.1) is 10.5 Å². The van der Waals surface area contributed by atoms with Crippen molar-refractivity contribution in [1.82, 2.24) is 0 Å². The van der Waals surface area contributed by atoms with E-state index in [0.29, 0.717) is 11.3 Å². The largest absolute Gasteiger partial charge is 0.452 e. The van der Waals surface area contributed by atoms with Crippen LogP contribution in [0, 0.1) is 22.9 Å². The number of nitrogens with two attached hydrogens (primary N) is 1. The number of esters is 1. The molecule has 1 amide bonds. The van der Waals surface area contributed by atoms with Crippen molar-refractivity contribution < 1.29 is 23.6 Å². The third-order valence-corrected chi connectivity index (χ3v) is 3.26. The molecule has 3 N–H and O–H groups in total. The number of carbonyl (C=O) groups excluding carboxylic acids is 2. The third-order valence-electron chi connectivity index (χ3n) is 3.26. The quantitative estimate of drug-likeness (QED) is 0.370. The average molecular weight is 347 g/mol. The topological polar surface area (TPSA) is 125 Å². The fourth-order valence-corrected chi connectivity index (χ4v) is 2.02. The lowest BCUT2D eigenvalue weighted by Crippen LogP contribution is -2.21. The first kappa shape index (κ1) is 17.9. The van der Waals surface area contributed by atoms with Gasteiger partial charge in [-0.1, -0.05) is 0 Å². The van der Waals surface area contributed by atoms with Gasteiger partial charge >= 0.3 is 5.97 Å². The minimum atomic E-state index is -0.868. The highest BCUT2D eigenvalue weighted by atomic mass is 19.1. The van der Waals surface area contributed by atoms with Gasteiger partial charge in [0.25, 0.3) is 11.6 Å². The van der Waals surface area contributed by atoms with Crippen LogP contribution in [0.25, 0.3) is 0 Å². The van der Waals surface area contributed by atoms with Gasteiger partial charge in [-0.25, -0.2) is 9.18 Å². The smallest absolute Gasteiger partial charge is 0.340 e. The van der Waals surface area contributed by atoms with E-state index in [1.54, 1.807) is 6.92 Å². The molecule has 0 aliphatic rings. The zero-order chi connectivity index (χ0) is 18.6. The van der Waals surface area contributed by atoms with Crippen LogP contribution in [-0.4, -0.2) is 23.4 Å². The predicted octanol–water partition coefficient (Wildman–Crippen LogP) is 2.42. The summed E-state index contributed by atoms with van der Waals surface area (Å²) in [7, 11) is 0. The number of nitro groups is 1. The molecular formula is C16H14FN3O5. The van der Waals surface area contributed by atoms with Crippen LogP contribution in [-0.2, 0) is 9.53 Å². The SMILES string of the molecule is Cc1cc([N+](=O)[O-])ccc1NC(=O)COC(=O)c1ccc(F)cc1N. The molecule has 9 heteroatoms. The van der Waals surface area contributed by atoms with Crippen molar-refractivity contribution in [3.05, 3.63) is 63.5 Å². The summed E-state index contributed by atoms with van der Waals surface area (Å²) in [5.74, 6) is -2.10. The number of halogens is 1. The van der Waals surface area contributed by atoms with E-state index in [1.165, 1.54) is 18.2 Å². The fourth-order valence-electron chi connectivity index (χ4n) is 2.02. The van der Waals surface area contributed by atoms with Gasteiger partial charge in [0.15, 0.2) is 6.61 Å². The maximum Gasteiger partial charge on any atom is 0.340 e. The van der Waals surface area contributed by atoms with Gasteiger partial charge in [-0.15, -0.1) is 0 Å². The molecular weight excluding hydrogens is 333 g/mol. The van der Waals surface area contributed by atoms with Crippen LogP contribution >= 0.6 is 0 Å². The van der Waals surface area contributed by atoms with Crippen LogP contribution in [0.3, 0.4) is 0 Å². The van der Waals surface area contributed by atoms with Crippen LogP contribution < -0.4 is 11.1 Å². The Bertz CT molecular complexity index is 854. The Morgan fingerprint density at radius 3 is 2.60 bits per heavy atom. The molecule has 0 aromatic heterocycles. The lowest BCUT2D eigenvalue weighted by atomic mass is 10.2. The third kappa shape index (κ3) is 4.50. The maximum atomic E-state index is 12.9. The molecule has 130 valence electrons. The Labute approximate surface area is 141 Å². The number of rotatable bonds is 5. The lowest BCUT2D eigenvalue weighted by molar-refractivity contribution is -0.384. The van der Waals surface area contributed by atoms with Crippen molar-refractivity contribution in [1.29, 1.82) is 0 Å². The number of amides is 1. The minimum absolute atomic E-state index is 0.0549. The molecule has 0 fully saturated rings. The van der Waals surface area contributed by atoms with E-state index in [4.69, 9.17) is 10.5 Å². The number of anilines is 2. The summed E-state index contributed by atoms with van der Waals surface area (Å²) in [5, 5.41) is 13.2. The summed E-state index contributed by atoms with van der Waals surface area (Å²) < 4.78 is 17.8. The van der Waals surface area contributed by atoms with Gasteiger partial charge < -0.3 is 15.8 Å². The molecule has 0 heterocycles. The molecule has 2 aromatic carbocycles. The molecule has 0 radical (unpaired) electrons. The first-order valence-corrected chi connectivity index (χ1v) is 7.05. The number of aryl methyl sites for hydroxylation is 1. The molecule has 0 unspecified atom stereocenters. The Kier molecular flexibility index (Phi) is 5.28. The number of nitro benzene ring substituents is 1. The Hall–Kier alpha value is -3.49. The number of nitrogens with one attached hydrogen (secondary N) is 1. The molecule has 25 heavy (non-hydrogen) atoms. The van der Waals surface area contributed by atoms with E-state index in [-0.39, 0.29) is 16.9 Å². The average Bonchev–Trinajstić information content (AvgIpc) is 2.54. The first-order valence-electron chi connectivity index (χ1n) is 7.05. The Morgan fingerprint density at radius 2 is 2.00 bits per heavy atom. The molecule has 8 nitrogen and oxygen atoms in total. The first-order chi connectivity index (χ1) is 11.8. The number of ether oxygens (including phenoxy) is 1. The standard InChI is InChI=1S/C16H14FN3O5/c1-9-6-11(20(23)24)3-5-14(9)19-15(21)8-25-16(22)12-4-2-10(17)7-13(12)18/h2-7H,8,18H2,1H3,(H,19,21). The molecule has 0 saturated carbocycles. The van der Waals surface area contributed by atoms with Gasteiger partial charge in [-0.05, 0) is 36.8 Å². The van der Waals surface area contributed by atoms with Crippen molar-refractivity contribution in [2.24, 2.45) is 0 Å². The van der Waals surface area contributed by atoms with E-state index in [1.807, 2.05) is 0 Å². The zero-order valence-corrected chi connectivity index (χ0v) is 13.1. The summed E-state index contributed by atoms with van der Waals surface area (Å²) in [4.78, 5) is 33.8. The van der Waals surface area contributed by atoms with Crippen LogP contribution in [0.15, 0.2) is 36.4 Å². The molecule has 0 atom stereocenters. The zero-order valence-electron chi connectivity index (χ0n) is 13.1. The minimum Gasteiger partial charge on any atom is -0.452 e. The number of benzene rings is 2. The maximum absolute atomic E-state index is 12.9. The van der Waals surface area contributed by atoms with Gasteiger partial charge in [-0.2, -0.15) is 0 Å². The second kappa shape index (κ2) is 7.39. The van der Waals surface area contributed by atoms with Crippen molar-refractivity contribution in [3.63, 3.8) is 0 Å². The summed E-state index contributed by atoms with van der Waals surface area (Å²) in [6.45, 7) is 1.000. The van der Waals surface area contributed by atoms with Gasteiger partial charge in [0.2, 0.25) is 0 Å². The fraction of sp³-hybridized carbons (Fsp3) is 0.125. The monoisotopic (exact) mass is 347 g/mol. The van der Waals surface area contributed by atoms with Crippen molar-refractivity contribution in [3.8, 4) is 0 Å². The number of nitrogens with zero attached hydrogens (tertiary/aromatic N) is 1. The van der Waals surface area contributed by atoms with E-state index in [2.05, 4.69) is 5.32 Å². The number of hydrogen-bond donors (Lipinski definition) is 2. The van der Waals surface area contributed by atoms with E-state index in [0.717, 1.165) is 18.2 Å². The summed E-state index contributed by atoms with van der Waals surface area (Å²) in [6, 6.07) is 7.11. The molecule has 2 aromatic rings. The van der Waals surface area contributed by atoms with Crippen LogP contribution in [0.1, 0.15) is 15.9 Å². The van der Waals surface area contributed by atoms with Crippen molar-refractivity contribution >= 4 is 28.9 Å². The predicted molar refractivity (Wildman–Crippen MR) is 87.6 cm³/mol. The second-order valence-corrected chi connectivity index (χ2v) is 5.11. The summed E-state index contributed by atoms with van der Waals surface area (Å²) in [6.07, 6.45) is 0. The number of nitrogen functional groups attached to an aromatic ring is 1. The van der Waals surface area contributed by atoms with Crippen molar-refractivity contribution in [2.45, 2.75) is 6.92 Å². The van der Waals surface area contributed by atoms with Crippen LogP contribution in [0.4, 0.5) is 21.5 Å². The number of hydrogen-bond acceptors (Lipinski definition) is 6. The van der Waals surface area contributed by atoms with Gasteiger partial charge in [0.1, 0.15) is 5.82 Å². The molecule has 0 spiro atoms. The molecule has 0 bridgehead atoms. The summed E-state index contributed by atoms with van der Waals surface area (Å²) in [5.41, 5.74) is 6.09. The van der Waals surface area contributed by atoms with Gasteiger partial charge in [0, 0.05) is 23.5 Å².